The van der Waals surface area contributed by atoms with Crippen molar-refractivity contribution in [3.8, 4) is 0 Å². The largest absolute Gasteiger partial charge is 0.397 e. The molecule has 0 aliphatic heterocycles. The van der Waals surface area contributed by atoms with Gasteiger partial charge in [-0.2, -0.15) is 0 Å². The van der Waals surface area contributed by atoms with Crippen LogP contribution >= 0.6 is 0 Å². The third-order valence-corrected chi connectivity index (χ3v) is 2.69. The first kappa shape index (κ1) is 11.4. The van der Waals surface area contributed by atoms with Crippen molar-refractivity contribution in [1.82, 2.24) is 9.55 Å². The fourth-order valence-corrected chi connectivity index (χ4v) is 1.59. The Balaban J connectivity index is 2.14. The number of halogens is 1. The molecule has 0 atom stereocenters. The van der Waals surface area contributed by atoms with Crippen LogP contribution in [0.1, 0.15) is 11.4 Å². The zero-order valence-electron chi connectivity index (χ0n) is 9.87. The van der Waals surface area contributed by atoms with Crippen molar-refractivity contribution in [3.63, 3.8) is 0 Å². The molecular formula is C12H15FN4. The molecule has 0 saturated carbocycles. The number of nitrogens with two attached hydrogens (primary N) is 1. The van der Waals surface area contributed by atoms with Gasteiger partial charge in [-0.3, -0.25) is 0 Å². The summed E-state index contributed by atoms with van der Waals surface area (Å²) in [6.07, 6.45) is 3.60. The Hall–Kier alpha value is -2.04. The lowest BCUT2D eigenvalue weighted by atomic mass is 10.2. The molecule has 0 spiro atoms. The first-order valence-electron chi connectivity index (χ1n) is 5.33. The monoisotopic (exact) mass is 234 g/mol. The van der Waals surface area contributed by atoms with Crippen molar-refractivity contribution in [1.29, 1.82) is 0 Å². The minimum absolute atomic E-state index is 0.287. The van der Waals surface area contributed by atoms with E-state index in [2.05, 4.69) is 10.3 Å². The SMILES string of the molecule is Cc1cc(NCc2nccn2C)c(N)cc1F. The van der Waals surface area contributed by atoms with Crippen molar-refractivity contribution in [2.75, 3.05) is 11.1 Å². The highest BCUT2D eigenvalue weighted by Gasteiger charge is 2.05. The first-order chi connectivity index (χ1) is 8.08. The molecule has 5 heteroatoms. The number of nitrogens with one attached hydrogen (secondary N) is 1. The molecule has 0 aliphatic carbocycles. The van der Waals surface area contributed by atoms with E-state index in [1.54, 1.807) is 19.2 Å². The number of imidazole rings is 1. The highest BCUT2D eigenvalue weighted by Crippen LogP contribution is 2.22. The molecule has 17 heavy (non-hydrogen) atoms. The van der Waals surface area contributed by atoms with Gasteiger partial charge in [-0.15, -0.1) is 0 Å². The zero-order chi connectivity index (χ0) is 12.4. The lowest BCUT2D eigenvalue weighted by Crippen LogP contribution is -2.07. The molecule has 0 bridgehead atoms. The van der Waals surface area contributed by atoms with Crippen LogP contribution in [0.15, 0.2) is 24.5 Å². The van der Waals surface area contributed by atoms with E-state index >= 15 is 0 Å². The number of rotatable bonds is 3. The molecule has 1 aromatic heterocycles. The predicted octanol–water partition coefficient (Wildman–Crippen LogP) is 2.06. The van der Waals surface area contributed by atoms with Crippen LogP contribution in [0.25, 0.3) is 0 Å². The van der Waals surface area contributed by atoms with Gasteiger partial charge in [-0.25, -0.2) is 9.37 Å². The molecule has 0 unspecified atom stereocenters. The van der Waals surface area contributed by atoms with Crippen LogP contribution in [0.3, 0.4) is 0 Å². The minimum Gasteiger partial charge on any atom is -0.397 e. The Labute approximate surface area is 99.3 Å². The van der Waals surface area contributed by atoms with Gasteiger partial charge in [0.05, 0.1) is 17.9 Å². The smallest absolute Gasteiger partial charge is 0.128 e. The van der Waals surface area contributed by atoms with E-state index in [1.165, 1.54) is 6.07 Å². The van der Waals surface area contributed by atoms with Gasteiger partial charge >= 0.3 is 0 Å². The van der Waals surface area contributed by atoms with Crippen LogP contribution in [-0.2, 0) is 13.6 Å². The van der Waals surface area contributed by atoms with Gasteiger partial charge in [0.25, 0.3) is 0 Å². The summed E-state index contributed by atoms with van der Waals surface area (Å²) in [6.45, 7) is 2.26. The Morgan fingerprint density at radius 1 is 1.47 bits per heavy atom. The average Bonchev–Trinajstić information content (AvgIpc) is 2.68. The van der Waals surface area contributed by atoms with Gasteiger partial charge in [-0.1, -0.05) is 0 Å². The second-order valence-electron chi connectivity index (χ2n) is 4.00. The minimum atomic E-state index is -0.287. The van der Waals surface area contributed by atoms with Crippen molar-refractivity contribution in [3.05, 3.63) is 41.7 Å². The Morgan fingerprint density at radius 2 is 2.24 bits per heavy atom. The Morgan fingerprint density at radius 3 is 2.88 bits per heavy atom. The van der Waals surface area contributed by atoms with Gasteiger partial charge in [0, 0.05) is 19.4 Å². The van der Waals surface area contributed by atoms with Crippen molar-refractivity contribution in [2.45, 2.75) is 13.5 Å². The molecule has 4 nitrogen and oxygen atoms in total. The van der Waals surface area contributed by atoms with E-state index in [9.17, 15) is 4.39 Å². The summed E-state index contributed by atoms with van der Waals surface area (Å²) in [6, 6.07) is 3.03. The van der Waals surface area contributed by atoms with Crippen LogP contribution in [0.4, 0.5) is 15.8 Å². The van der Waals surface area contributed by atoms with Crippen molar-refractivity contribution >= 4 is 11.4 Å². The van der Waals surface area contributed by atoms with Crippen molar-refractivity contribution in [2.24, 2.45) is 7.05 Å². The van der Waals surface area contributed by atoms with Crippen LogP contribution in [0.5, 0.6) is 0 Å². The quantitative estimate of drug-likeness (QED) is 0.799. The Bertz CT molecular complexity index is 533. The maximum Gasteiger partial charge on any atom is 0.128 e. The molecule has 3 N–H and O–H groups in total. The third-order valence-electron chi connectivity index (χ3n) is 2.69. The van der Waals surface area contributed by atoms with Crippen molar-refractivity contribution < 1.29 is 4.39 Å². The molecule has 2 aromatic rings. The lowest BCUT2D eigenvalue weighted by Gasteiger charge is -2.10. The summed E-state index contributed by atoms with van der Waals surface area (Å²) >= 11 is 0. The molecule has 0 aliphatic rings. The summed E-state index contributed by atoms with van der Waals surface area (Å²) in [5.74, 6) is 0.608. The van der Waals surface area contributed by atoms with E-state index in [0.29, 0.717) is 17.8 Å². The fourth-order valence-electron chi connectivity index (χ4n) is 1.59. The number of hydrogen-bond donors (Lipinski definition) is 2. The standard InChI is InChI=1S/C12H15FN4/c1-8-5-11(10(14)6-9(8)13)16-7-12-15-3-4-17(12)2/h3-6,16H,7,14H2,1-2H3. The van der Waals surface area contributed by atoms with Crippen LogP contribution in [0.2, 0.25) is 0 Å². The highest BCUT2D eigenvalue weighted by molar-refractivity contribution is 5.67. The van der Waals surface area contributed by atoms with E-state index in [-0.39, 0.29) is 5.82 Å². The summed E-state index contributed by atoms with van der Waals surface area (Å²) in [7, 11) is 1.92. The maximum absolute atomic E-state index is 13.2. The van der Waals surface area contributed by atoms with Gasteiger partial charge in [0.2, 0.25) is 0 Å². The summed E-state index contributed by atoms with van der Waals surface area (Å²) in [4.78, 5) is 4.19. The number of aryl methyl sites for hydroxylation is 2. The van der Waals surface area contributed by atoms with E-state index < -0.39 is 0 Å². The molecule has 0 radical (unpaired) electrons. The number of aromatic nitrogens is 2. The number of anilines is 2. The molecular weight excluding hydrogens is 219 g/mol. The maximum atomic E-state index is 13.2. The van der Waals surface area contributed by atoms with Gasteiger partial charge in [-0.05, 0) is 24.6 Å². The highest BCUT2D eigenvalue weighted by atomic mass is 19.1. The number of benzene rings is 1. The number of nitrogen functional groups attached to an aromatic ring is 1. The van der Waals surface area contributed by atoms with Crippen LogP contribution in [0, 0.1) is 12.7 Å². The molecule has 0 fully saturated rings. The molecule has 1 aromatic carbocycles. The lowest BCUT2D eigenvalue weighted by molar-refractivity contribution is 0.619. The normalized spacial score (nSPS) is 10.5. The predicted molar refractivity (Wildman–Crippen MR) is 66.1 cm³/mol. The summed E-state index contributed by atoms with van der Waals surface area (Å²) < 4.78 is 15.1. The van der Waals surface area contributed by atoms with Crippen LogP contribution < -0.4 is 11.1 Å². The van der Waals surface area contributed by atoms with E-state index in [1.807, 2.05) is 17.8 Å². The summed E-state index contributed by atoms with van der Waals surface area (Å²) in [5, 5.41) is 3.15. The van der Waals surface area contributed by atoms with E-state index in [0.717, 1.165) is 11.5 Å². The third kappa shape index (κ3) is 2.38. The molecule has 0 saturated heterocycles. The number of hydrogen-bond acceptors (Lipinski definition) is 3. The Kier molecular flexibility index (Phi) is 2.99. The van der Waals surface area contributed by atoms with Gasteiger partial charge in [0.1, 0.15) is 11.6 Å². The fraction of sp³-hybridized carbons (Fsp3) is 0.250. The molecule has 2 rings (SSSR count). The van der Waals surface area contributed by atoms with Crippen LogP contribution in [-0.4, -0.2) is 9.55 Å². The van der Waals surface area contributed by atoms with Gasteiger partial charge < -0.3 is 15.6 Å². The second kappa shape index (κ2) is 4.45. The van der Waals surface area contributed by atoms with E-state index in [4.69, 9.17) is 5.73 Å². The molecule has 0 amide bonds. The molecule has 1 heterocycles. The number of nitrogens with zero attached hydrogens (tertiary/aromatic N) is 2. The summed E-state index contributed by atoms with van der Waals surface area (Å²) in [5.41, 5.74) is 7.44. The second-order valence-corrected chi connectivity index (χ2v) is 4.00. The van der Waals surface area contributed by atoms with Gasteiger partial charge in [0.15, 0.2) is 0 Å². The first-order valence-corrected chi connectivity index (χ1v) is 5.33. The topological polar surface area (TPSA) is 55.9 Å². The zero-order valence-corrected chi connectivity index (χ0v) is 9.87. The molecule has 90 valence electrons. The average molecular weight is 234 g/mol.